The zero-order valence-corrected chi connectivity index (χ0v) is 15.7. The van der Waals surface area contributed by atoms with Gasteiger partial charge in [0, 0.05) is 0 Å². The van der Waals surface area contributed by atoms with Crippen molar-refractivity contribution in [3.8, 4) is 5.75 Å². The third-order valence-corrected chi connectivity index (χ3v) is 4.85. The van der Waals surface area contributed by atoms with E-state index < -0.39 is 5.97 Å². The molecule has 2 aromatic rings. The van der Waals surface area contributed by atoms with E-state index in [9.17, 15) is 9.59 Å². The molecular formula is C22H25NO4. The summed E-state index contributed by atoms with van der Waals surface area (Å²) in [5.74, 6) is 0.544. The van der Waals surface area contributed by atoms with Crippen LogP contribution < -0.4 is 10.1 Å². The maximum atomic E-state index is 12.3. The molecular weight excluding hydrogens is 342 g/mol. The molecule has 1 aliphatic carbocycles. The van der Waals surface area contributed by atoms with Gasteiger partial charge < -0.3 is 14.8 Å². The Morgan fingerprint density at radius 2 is 1.81 bits per heavy atom. The van der Waals surface area contributed by atoms with Crippen molar-refractivity contribution in [3.05, 3.63) is 65.2 Å². The van der Waals surface area contributed by atoms with Crippen LogP contribution in [0.25, 0.3) is 0 Å². The molecule has 1 aliphatic rings. The third kappa shape index (κ3) is 5.33. The molecule has 5 heteroatoms. The molecule has 1 saturated carbocycles. The average Bonchev–Trinajstić information content (AvgIpc) is 3.51. The molecule has 142 valence electrons. The summed E-state index contributed by atoms with van der Waals surface area (Å²) in [5, 5.41) is 3.01. The zero-order chi connectivity index (χ0) is 19.2. The van der Waals surface area contributed by atoms with Gasteiger partial charge in [0.15, 0.2) is 6.61 Å². The molecule has 0 aromatic heterocycles. The Morgan fingerprint density at radius 3 is 2.44 bits per heavy atom. The second-order valence-corrected chi connectivity index (χ2v) is 6.92. The minimum Gasteiger partial charge on any atom is -0.497 e. The first-order chi connectivity index (χ1) is 13.1. The summed E-state index contributed by atoms with van der Waals surface area (Å²) < 4.78 is 10.3. The Kier molecular flexibility index (Phi) is 6.12. The first-order valence-electron chi connectivity index (χ1n) is 9.20. The maximum absolute atomic E-state index is 12.3. The topological polar surface area (TPSA) is 64.6 Å². The lowest BCUT2D eigenvalue weighted by molar-refractivity contribution is -0.148. The number of carbonyl (C=O) groups excluding carboxylic acids is 2. The number of hydrogen-bond acceptors (Lipinski definition) is 4. The number of rotatable bonds is 8. The molecule has 1 fully saturated rings. The summed E-state index contributed by atoms with van der Waals surface area (Å²) in [7, 11) is 1.63. The Bertz CT molecular complexity index is 796. The van der Waals surface area contributed by atoms with Crippen LogP contribution in [0.2, 0.25) is 0 Å². The SMILES string of the molecule is COc1ccc(C(NC(=O)COC(=O)Cc2ccccc2C)C2CC2)cc1. The second-order valence-electron chi connectivity index (χ2n) is 6.92. The molecule has 1 atom stereocenters. The van der Waals surface area contributed by atoms with Crippen LogP contribution >= 0.6 is 0 Å². The smallest absolute Gasteiger partial charge is 0.310 e. The van der Waals surface area contributed by atoms with Crippen molar-refractivity contribution in [2.24, 2.45) is 5.92 Å². The Hall–Kier alpha value is -2.82. The highest BCUT2D eigenvalue weighted by molar-refractivity contribution is 5.81. The summed E-state index contributed by atoms with van der Waals surface area (Å²) >= 11 is 0. The lowest BCUT2D eigenvalue weighted by Crippen LogP contribution is -2.33. The molecule has 0 saturated heterocycles. The first-order valence-corrected chi connectivity index (χ1v) is 9.20. The third-order valence-electron chi connectivity index (χ3n) is 4.85. The molecule has 0 heterocycles. The van der Waals surface area contributed by atoms with Crippen LogP contribution in [0.4, 0.5) is 0 Å². The number of carbonyl (C=O) groups is 2. The van der Waals surface area contributed by atoms with Gasteiger partial charge in [-0.3, -0.25) is 9.59 Å². The van der Waals surface area contributed by atoms with Gasteiger partial charge in [0.2, 0.25) is 0 Å². The number of benzene rings is 2. The van der Waals surface area contributed by atoms with Crippen molar-refractivity contribution < 1.29 is 19.1 Å². The lowest BCUT2D eigenvalue weighted by Gasteiger charge is -2.19. The molecule has 5 nitrogen and oxygen atoms in total. The molecule has 0 radical (unpaired) electrons. The van der Waals surface area contributed by atoms with Gasteiger partial charge >= 0.3 is 5.97 Å². The van der Waals surface area contributed by atoms with Gasteiger partial charge in [-0.2, -0.15) is 0 Å². The number of nitrogens with one attached hydrogen (secondary N) is 1. The van der Waals surface area contributed by atoms with Gasteiger partial charge in [0.05, 0.1) is 19.6 Å². The highest BCUT2D eigenvalue weighted by Gasteiger charge is 2.33. The molecule has 3 rings (SSSR count). The number of ether oxygens (including phenoxy) is 2. The van der Waals surface area contributed by atoms with Gasteiger partial charge in [-0.25, -0.2) is 0 Å². The van der Waals surface area contributed by atoms with Crippen LogP contribution in [-0.4, -0.2) is 25.6 Å². The van der Waals surface area contributed by atoms with Gasteiger partial charge in [-0.1, -0.05) is 36.4 Å². The van der Waals surface area contributed by atoms with E-state index in [0.29, 0.717) is 5.92 Å². The maximum Gasteiger partial charge on any atom is 0.310 e. The standard InChI is InChI=1S/C22H25NO4/c1-15-5-3-4-6-18(15)13-21(25)27-14-20(24)23-22(16-7-8-16)17-9-11-19(26-2)12-10-17/h3-6,9-12,16,22H,7-8,13-14H2,1-2H3,(H,23,24). The lowest BCUT2D eigenvalue weighted by atomic mass is 10.0. The van der Waals surface area contributed by atoms with E-state index in [-0.39, 0.29) is 25.0 Å². The Morgan fingerprint density at radius 1 is 1.11 bits per heavy atom. The number of methoxy groups -OCH3 is 1. The molecule has 27 heavy (non-hydrogen) atoms. The monoisotopic (exact) mass is 367 g/mol. The van der Waals surface area contributed by atoms with E-state index in [1.807, 2.05) is 55.5 Å². The normalized spacial score (nSPS) is 14.3. The van der Waals surface area contributed by atoms with Crippen molar-refractivity contribution in [1.82, 2.24) is 5.32 Å². The van der Waals surface area contributed by atoms with E-state index >= 15 is 0 Å². The highest BCUT2D eigenvalue weighted by atomic mass is 16.5. The van der Waals surface area contributed by atoms with Crippen molar-refractivity contribution >= 4 is 11.9 Å². The van der Waals surface area contributed by atoms with Crippen LogP contribution in [-0.2, 0) is 20.7 Å². The van der Waals surface area contributed by atoms with Crippen LogP contribution in [0, 0.1) is 12.8 Å². The fraction of sp³-hybridized carbons (Fsp3) is 0.364. The predicted octanol–water partition coefficient (Wildman–Crippen LogP) is 3.36. The van der Waals surface area contributed by atoms with E-state index in [1.165, 1.54) is 0 Å². The largest absolute Gasteiger partial charge is 0.497 e. The molecule has 1 unspecified atom stereocenters. The van der Waals surface area contributed by atoms with Gasteiger partial charge in [-0.05, 0) is 54.5 Å². The van der Waals surface area contributed by atoms with Crippen LogP contribution in [0.3, 0.4) is 0 Å². The van der Waals surface area contributed by atoms with Gasteiger partial charge in [0.25, 0.3) is 5.91 Å². The molecule has 1 N–H and O–H groups in total. The molecule has 0 spiro atoms. The highest BCUT2D eigenvalue weighted by Crippen LogP contribution is 2.41. The Labute approximate surface area is 159 Å². The number of aryl methyl sites for hydroxylation is 1. The fourth-order valence-electron chi connectivity index (χ4n) is 3.09. The number of esters is 1. The average molecular weight is 367 g/mol. The fourth-order valence-corrected chi connectivity index (χ4v) is 3.09. The van der Waals surface area contributed by atoms with Crippen molar-refractivity contribution in [1.29, 1.82) is 0 Å². The van der Waals surface area contributed by atoms with Crippen molar-refractivity contribution in [3.63, 3.8) is 0 Å². The van der Waals surface area contributed by atoms with E-state index in [0.717, 1.165) is 35.3 Å². The van der Waals surface area contributed by atoms with Gasteiger partial charge in [-0.15, -0.1) is 0 Å². The summed E-state index contributed by atoms with van der Waals surface area (Å²) in [6.07, 6.45) is 2.35. The van der Waals surface area contributed by atoms with Crippen molar-refractivity contribution in [2.75, 3.05) is 13.7 Å². The Balaban J connectivity index is 1.52. The molecule has 2 aromatic carbocycles. The number of amides is 1. The first kappa shape index (κ1) is 19.0. The molecule has 0 aliphatic heterocycles. The summed E-state index contributed by atoms with van der Waals surface area (Å²) in [6.45, 7) is 1.69. The van der Waals surface area contributed by atoms with E-state index in [4.69, 9.17) is 9.47 Å². The quantitative estimate of drug-likeness (QED) is 0.727. The predicted molar refractivity (Wildman–Crippen MR) is 102 cm³/mol. The molecule has 0 bridgehead atoms. The van der Waals surface area contributed by atoms with E-state index in [2.05, 4.69) is 5.32 Å². The summed E-state index contributed by atoms with van der Waals surface area (Å²) in [5.41, 5.74) is 2.99. The second kappa shape index (κ2) is 8.71. The summed E-state index contributed by atoms with van der Waals surface area (Å²) in [6, 6.07) is 15.3. The minimum absolute atomic E-state index is 0.0570. The number of hydrogen-bond donors (Lipinski definition) is 1. The van der Waals surface area contributed by atoms with E-state index in [1.54, 1.807) is 7.11 Å². The van der Waals surface area contributed by atoms with Gasteiger partial charge in [0.1, 0.15) is 5.75 Å². The zero-order valence-electron chi connectivity index (χ0n) is 15.7. The summed E-state index contributed by atoms with van der Waals surface area (Å²) in [4.78, 5) is 24.3. The van der Waals surface area contributed by atoms with Crippen LogP contribution in [0.5, 0.6) is 5.75 Å². The van der Waals surface area contributed by atoms with Crippen LogP contribution in [0.1, 0.15) is 35.6 Å². The van der Waals surface area contributed by atoms with Crippen LogP contribution in [0.15, 0.2) is 48.5 Å². The molecule has 1 amide bonds. The minimum atomic E-state index is -0.396. The van der Waals surface area contributed by atoms with Crippen molar-refractivity contribution in [2.45, 2.75) is 32.2 Å².